The van der Waals surface area contributed by atoms with E-state index in [1.54, 1.807) is 11.8 Å². The molecular weight excluding hydrogens is 364 g/mol. The monoisotopic (exact) mass is 388 g/mol. The van der Waals surface area contributed by atoms with Gasteiger partial charge in [0, 0.05) is 13.1 Å². The summed E-state index contributed by atoms with van der Waals surface area (Å²) < 4.78 is 32.8. The van der Waals surface area contributed by atoms with Crippen molar-refractivity contribution in [1.29, 1.82) is 0 Å². The van der Waals surface area contributed by atoms with E-state index in [2.05, 4.69) is 4.72 Å². The molecule has 2 rings (SSSR count). The predicted octanol–water partition coefficient (Wildman–Crippen LogP) is 2.81. The van der Waals surface area contributed by atoms with Crippen molar-refractivity contribution >= 4 is 27.5 Å². The van der Waals surface area contributed by atoms with Crippen LogP contribution in [0, 0.1) is 0 Å². The molecule has 0 bridgehead atoms. The molecular formula is C17H25ClN2O4S. The summed E-state index contributed by atoms with van der Waals surface area (Å²) in [4.78, 5) is 14.3. The van der Waals surface area contributed by atoms with Gasteiger partial charge in [-0.15, -0.1) is 0 Å². The average molecular weight is 389 g/mol. The lowest BCUT2D eigenvalue weighted by Crippen LogP contribution is -2.47. The number of nitrogens with zero attached hydrogens (tertiary/aromatic N) is 1. The van der Waals surface area contributed by atoms with Gasteiger partial charge in [-0.05, 0) is 44.9 Å². The molecule has 140 valence electrons. The minimum absolute atomic E-state index is 0.0106. The molecule has 1 aliphatic rings. The second kappa shape index (κ2) is 8.87. The van der Waals surface area contributed by atoms with Crippen LogP contribution in [0.4, 0.5) is 0 Å². The van der Waals surface area contributed by atoms with Crippen LogP contribution in [0.2, 0.25) is 5.02 Å². The molecule has 25 heavy (non-hydrogen) atoms. The van der Waals surface area contributed by atoms with Crippen LogP contribution >= 0.6 is 11.6 Å². The topological polar surface area (TPSA) is 75.7 Å². The van der Waals surface area contributed by atoms with Crippen molar-refractivity contribution in [3.05, 3.63) is 23.2 Å². The number of rotatable bonds is 6. The van der Waals surface area contributed by atoms with Crippen molar-refractivity contribution < 1.29 is 17.9 Å². The molecule has 1 aromatic carbocycles. The summed E-state index contributed by atoms with van der Waals surface area (Å²) in [7, 11) is -3.84. The van der Waals surface area contributed by atoms with Crippen LogP contribution in [0.25, 0.3) is 0 Å². The van der Waals surface area contributed by atoms with Gasteiger partial charge in [0.2, 0.25) is 15.9 Å². The highest BCUT2D eigenvalue weighted by Crippen LogP contribution is 2.27. The summed E-state index contributed by atoms with van der Waals surface area (Å²) in [5, 5.41) is 0.219. The van der Waals surface area contributed by atoms with Gasteiger partial charge >= 0.3 is 0 Å². The highest BCUT2D eigenvalue weighted by atomic mass is 35.5. The van der Waals surface area contributed by atoms with Gasteiger partial charge in [0.1, 0.15) is 5.75 Å². The van der Waals surface area contributed by atoms with E-state index in [0.717, 1.165) is 25.7 Å². The third kappa shape index (κ3) is 5.33. The molecule has 1 N–H and O–H groups in total. The summed E-state index contributed by atoms with van der Waals surface area (Å²) in [5.41, 5.74) is 0. The SMILES string of the molecule is CCOc1ccc(S(=O)(=O)N[C@H](C)C(=O)N2CCCCCC2)cc1Cl. The van der Waals surface area contributed by atoms with Crippen LogP contribution in [0.5, 0.6) is 5.75 Å². The molecule has 1 heterocycles. The van der Waals surface area contributed by atoms with E-state index in [1.165, 1.54) is 18.2 Å². The Morgan fingerprint density at radius 1 is 1.28 bits per heavy atom. The number of sulfonamides is 1. The number of amides is 1. The lowest BCUT2D eigenvalue weighted by atomic mass is 10.2. The normalized spacial score (nSPS) is 17.0. The third-order valence-electron chi connectivity index (χ3n) is 4.13. The van der Waals surface area contributed by atoms with Crippen LogP contribution in [-0.2, 0) is 14.8 Å². The number of carbonyl (C=O) groups is 1. The van der Waals surface area contributed by atoms with Crippen LogP contribution in [0.15, 0.2) is 23.1 Å². The van der Waals surface area contributed by atoms with Crippen molar-refractivity contribution in [2.24, 2.45) is 0 Å². The Balaban J connectivity index is 2.09. The standard InChI is InChI=1S/C17H25ClN2O4S/c1-3-24-16-9-8-14(12-15(16)18)25(22,23)19-13(2)17(21)20-10-6-4-5-7-11-20/h8-9,12-13,19H,3-7,10-11H2,1-2H3/t13-/m1/s1. The molecule has 6 nitrogen and oxygen atoms in total. The Morgan fingerprint density at radius 3 is 2.48 bits per heavy atom. The molecule has 0 saturated carbocycles. The van der Waals surface area contributed by atoms with Gasteiger partial charge in [0.05, 0.1) is 22.6 Å². The molecule has 8 heteroatoms. The van der Waals surface area contributed by atoms with Crippen molar-refractivity contribution in [2.45, 2.75) is 50.5 Å². The Bertz CT molecular complexity index is 701. The van der Waals surface area contributed by atoms with Gasteiger partial charge in [-0.3, -0.25) is 4.79 Å². The lowest BCUT2D eigenvalue weighted by Gasteiger charge is -2.24. The van der Waals surface area contributed by atoms with Gasteiger partial charge in [-0.2, -0.15) is 4.72 Å². The lowest BCUT2D eigenvalue weighted by molar-refractivity contribution is -0.132. The fourth-order valence-corrected chi connectivity index (χ4v) is 4.36. The zero-order chi connectivity index (χ0) is 18.4. The third-order valence-corrected chi connectivity index (χ3v) is 5.97. The van der Waals surface area contributed by atoms with E-state index >= 15 is 0 Å². The van der Waals surface area contributed by atoms with Crippen LogP contribution in [0.3, 0.4) is 0 Å². The van der Waals surface area contributed by atoms with E-state index in [4.69, 9.17) is 16.3 Å². The van der Waals surface area contributed by atoms with Crippen molar-refractivity contribution in [3.8, 4) is 5.75 Å². The second-order valence-corrected chi connectivity index (χ2v) is 8.23. The van der Waals surface area contributed by atoms with Gasteiger partial charge in [0.15, 0.2) is 0 Å². The number of halogens is 1. The number of hydrogen-bond donors (Lipinski definition) is 1. The van der Waals surface area contributed by atoms with Gasteiger partial charge < -0.3 is 9.64 Å². The number of ether oxygens (including phenoxy) is 1. The van der Waals surface area contributed by atoms with Crippen LogP contribution in [0.1, 0.15) is 39.5 Å². The average Bonchev–Trinajstić information content (AvgIpc) is 2.85. The molecule has 1 fully saturated rings. The largest absolute Gasteiger partial charge is 0.492 e. The molecule has 0 aromatic heterocycles. The summed E-state index contributed by atoms with van der Waals surface area (Å²) >= 11 is 6.06. The fourth-order valence-electron chi connectivity index (χ4n) is 2.84. The number of hydrogen-bond acceptors (Lipinski definition) is 4. The zero-order valence-electron chi connectivity index (χ0n) is 14.6. The van der Waals surface area contributed by atoms with Crippen molar-refractivity contribution in [3.63, 3.8) is 0 Å². The maximum Gasteiger partial charge on any atom is 0.241 e. The predicted molar refractivity (Wildman–Crippen MR) is 97.5 cm³/mol. The number of carbonyl (C=O) groups excluding carboxylic acids is 1. The highest BCUT2D eigenvalue weighted by molar-refractivity contribution is 7.89. The zero-order valence-corrected chi connectivity index (χ0v) is 16.2. The quantitative estimate of drug-likeness (QED) is 0.813. The Labute approximate surface area is 154 Å². The summed E-state index contributed by atoms with van der Waals surface area (Å²) in [5.74, 6) is 0.235. The maximum atomic E-state index is 12.5. The first-order valence-corrected chi connectivity index (χ1v) is 10.4. The van der Waals surface area contributed by atoms with Crippen LogP contribution in [-0.4, -0.2) is 45.0 Å². The maximum absolute atomic E-state index is 12.5. The Morgan fingerprint density at radius 2 is 1.92 bits per heavy atom. The first-order chi connectivity index (χ1) is 11.8. The number of nitrogens with one attached hydrogen (secondary N) is 1. The molecule has 1 saturated heterocycles. The summed E-state index contributed by atoms with van der Waals surface area (Å²) in [6, 6.07) is 3.44. The van der Waals surface area contributed by atoms with E-state index in [1.807, 2.05) is 6.92 Å². The first-order valence-electron chi connectivity index (χ1n) is 8.58. The van der Waals surface area contributed by atoms with E-state index in [0.29, 0.717) is 25.4 Å². The van der Waals surface area contributed by atoms with E-state index in [-0.39, 0.29) is 15.8 Å². The molecule has 0 unspecified atom stereocenters. The van der Waals surface area contributed by atoms with Gasteiger partial charge in [-0.1, -0.05) is 24.4 Å². The fraction of sp³-hybridized carbons (Fsp3) is 0.588. The molecule has 0 radical (unpaired) electrons. The van der Waals surface area contributed by atoms with Crippen molar-refractivity contribution in [1.82, 2.24) is 9.62 Å². The van der Waals surface area contributed by atoms with Crippen LogP contribution < -0.4 is 9.46 Å². The van der Waals surface area contributed by atoms with Gasteiger partial charge in [0.25, 0.3) is 0 Å². The highest BCUT2D eigenvalue weighted by Gasteiger charge is 2.26. The molecule has 0 spiro atoms. The smallest absolute Gasteiger partial charge is 0.241 e. The minimum atomic E-state index is -3.84. The van der Waals surface area contributed by atoms with Gasteiger partial charge in [-0.25, -0.2) is 8.42 Å². The Hall–Kier alpha value is -1.31. The second-order valence-electron chi connectivity index (χ2n) is 6.11. The minimum Gasteiger partial charge on any atom is -0.492 e. The number of likely N-dealkylation sites (tertiary alicyclic amines) is 1. The summed E-state index contributed by atoms with van der Waals surface area (Å²) in [6.07, 6.45) is 4.13. The molecule has 1 amide bonds. The molecule has 1 atom stereocenters. The molecule has 0 aliphatic carbocycles. The molecule has 1 aliphatic heterocycles. The summed E-state index contributed by atoms with van der Waals surface area (Å²) in [6.45, 7) is 5.19. The first kappa shape index (κ1) is 20.0. The van der Waals surface area contributed by atoms with E-state index < -0.39 is 16.1 Å². The Kier molecular flexibility index (Phi) is 7.10. The molecule has 1 aromatic rings. The number of benzene rings is 1. The van der Waals surface area contributed by atoms with E-state index in [9.17, 15) is 13.2 Å². The van der Waals surface area contributed by atoms with Crippen molar-refractivity contribution in [2.75, 3.05) is 19.7 Å².